The van der Waals surface area contributed by atoms with Gasteiger partial charge >= 0.3 is 0 Å². The van der Waals surface area contributed by atoms with Crippen LogP contribution in [0.4, 0.5) is 0 Å². The first kappa shape index (κ1) is 9.10. The quantitative estimate of drug-likeness (QED) is 0.536. The minimum absolute atomic E-state index is 0.393. The van der Waals surface area contributed by atoms with Gasteiger partial charge in [-0.25, -0.2) is 0 Å². The van der Waals surface area contributed by atoms with Gasteiger partial charge in [0.1, 0.15) is 0 Å². The molecule has 4 heteroatoms. The molecule has 0 rings (SSSR count). The monoisotopic (exact) mass is 145 g/mol. The van der Waals surface area contributed by atoms with Crippen LogP contribution in [0.5, 0.6) is 0 Å². The van der Waals surface area contributed by atoms with Crippen LogP contribution in [0, 0.1) is 0 Å². The Hall–Kier alpha value is -0.900. The number of carbonyl (C=O) groups is 2. The largest absolute Gasteiger partial charge is 0.391 e. The van der Waals surface area contributed by atoms with E-state index in [0.29, 0.717) is 12.8 Å². The van der Waals surface area contributed by atoms with Crippen molar-refractivity contribution in [3.8, 4) is 0 Å². The molecule has 58 valence electrons. The van der Waals surface area contributed by atoms with Gasteiger partial charge in [0.15, 0.2) is 0 Å². The maximum Gasteiger partial charge on any atom is 0.216 e. The van der Waals surface area contributed by atoms with Crippen molar-refractivity contribution in [2.24, 2.45) is 0 Å². The molecule has 10 heavy (non-hydrogen) atoms. The Morgan fingerprint density at radius 3 is 1.80 bits per heavy atom. The number of rotatable bonds is 4. The molecule has 0 aliphatic heterocycles. The zero-order valence-electron chi connectivity index (χ0n) is 6.02. The fraction of sp³-hybridized carbons (Fsp3) is 0.667. The lowest BCUT2D eigenvalue weighted by molar-refractivity contribution is -0.133. The molecule has 2 unspecified atom stereocenters. The fourth-order valence-electron chi connectivity index (χ4n) is 0.466. The van der Waals surface area contributed by atoms with Crippen LogP contribution in [0.3, 0.4) is 0 Å². The van der Waals surface area contributed by atoms with Gasteiger partial charge in [-0.05, 0) is 13.8 Å². The van der Waals surface area contributed by atoms with Crippen molar-refractivity contribution >= 4 is 12.8 Å². The second kappa shape index (κ2) is 4.00. The molecule has 0 aromatic rings. The summed E-state index contributed by atoms with van der Waals surface area (Å²) < 4.78 is 0. The van der Waals surface area contributed by atoms with Crippen molar-refractivity contribution in [2.75, 3.05) is 0 Å². The Bertz CT molecular complexity index is 116. The van der Waals surface area contributed by atoms with Gasteiger partial charge in [0.25, 0.3) is 0 Å². The maximum atomic E-state index is 10.1. The van der Waals surface area contributed by atoms with E-state index in [1.807, 2.05) is 0 Å². The van der Waals surface area contributed by atoms with Crippen molar-refractivity contribution in [1.29, 1.82) is 0 Å². The maximum absolute atomic E-state index is 10.1. The summed E-state index contributed by atoms with van der Waals surface area (Å²) in [6.07, 6.45) is 0.102. The second-order valence-corrected chi connectivity index (χ2v) is 2.14. The third-order valence-corrected chi connectivity index (χ3v) is 1.41. The van der Waals surface area contributed by atoms with Crippen molar-refractivity contribution in [3.05, 3.63) is 0 Å². The predicted molar refractivity (Wildman–Crippen MR) is 35.1 cm³/mol. The van der Waals surface area contributed by atoms with E-state index in [2.05, 4.69) is 0 Å². The average molecular weight is 145 g/mol. The lowest BCUT2D eigenvalue weighted by Crippen LogP contribution is -2.38. The highest BCUT2D eigenvalue weighted by Crippen LogP contribution is 1.97. The number of imide groups is 1. The number of hydrogen-bond acceptors (Lipinski definition) is 3. The van der Waals surface area contributed by atoms with Crippen LogP contribution < -0.4 is 0 Å². The highest BCUT2D eigenvalue weighted by molar-refractivity contribution is 5.69. The third-order valence-electron chi connectivity index (χ3n) is 1.41. The van der Waals surface area contributed by atoms with Crippen molar-refractivity contribution in [1.82, 2.24) is 4.90 Å². The Kier molecular flexibility index (Phi) is 3.64. The zero-order valence-corrected chi connectivity index (χ0v) is 6.02. The molecule has 0 aromatic heterocycles. The normalized spacial score (nSPS) is 15.5. The SMILES string of the molecule is CC(O)C(C)N(C=O)C=O. The number of carbonyl (C=O) groups excluding carboxylic acids is 2. The van der Waals surface area contributed by atoms with E-state index in [-0.39, 0.29) is 0 Å². The van der Waals surface area contributed by atoms with Gasteiger partial charge in [-0.3, -0.25) is 14.5 Å². The van der Waals surface area contributed by atoms with E-state index in [1.165, 1.54) is 6.92 Å². The van der Waals surface area contributed by atoms with Crippen LogP contribution in [-0.2, 0) is 9.59 Å². The molecule has 4 nitrogen and oxygen atoms in total. The number of nitrogens with zero attached hydrogens (tertiary/aromatic N) is 1. The van der Waals surface area contributed by atoms with Gasteiger partial charge in [-0.2, -0.15) is 0 Å². The fourth-order valence-corrected chi connectivity index (χ4v) is 0.466. The Balaban J connectivity index is 4.00. The first-order valence-electron chi connectivity index (χ1n) is 2.99. The smallest absolute Gasteiger partial charge is 0.216 e. The van der Waals surface area contributed by atoms with Crippen molar-refractivity contribution in [3.63, 3.8) is 0 Å². The molecule has 0 aromatic carbocycles. The molecule has 0 saturated carbocycles. The van der Waals surface area contributed by atoms with E-state index < -0.39 is 12.1 Å². The molecule has 1 N–H and O–H groups in total. The van der Waals surface area contributed by atoms with Crippen LogP contribution in [0.2, 0.25) is 0 Å². The van der Waals surface area contributed by atoms with Crippen molar-refractivity contribution in [2.45, 2.75) is 26.0 Å². The van der Waals surface area contributed by atoms with Gasteiger partial charge in [0.2, 0.25) is 12.8 Å². The molecule has 0 aliphatic rings. The summed E-state index contributed by atoms with van der Waals surface area (Å²) in [7, 11) is 0. The zero-order chi connectivity index (χ0) is 8.15. The highest BCUT2D eigenvalue weighted by atomic mass is 16.3. The molecular formula is C6H11NO3. The standard InChI is InChI=1S/C6H11NO3/c1-5(6(2)10)7(3-8)4-9/h3-6,10H,1-2H3. The summed E-state index contributed by atoms with van der Waals surface area (Å²) in [5, 5.41) is 8.89. The van der Waals surface area contributed by atoms with E-state index in [4.69, 9.17) is 5.11 Å². The number of amides is 2. The summed E-state index contributed by atoms with van der Waals surface area (Å²) in [6, 6.07) is -0.449. The molecule has 0 bridgehead atoms. The summed E-state index contributed by atoms with van der Waals surface area (Å²) in [5.74, 6) is 0. The molecule has 2 atom stereocenters. The number of hydrogen-bond donors (Lipinski definition) is 1. The van der Waals surface area contributed by atoms with E-state index in [0.717, 1.165) is 4.90 Å². The third kappa shape index (κ3) is 2.14. The van der Waals surface area contributed by atoms with Gasteiger partial charge in [0.05, 0.1) is 12.1 Å². The van der Waals surface area contributed by atoms with Crippen LogP contribution in [0.15, 0.2) is 0 Å². The Labute approximate surface area is 59.4 Å². The number of aliphatic hydroxyl groups excluding tert-OH is 1. The minimum atomic E-state index is -0.685. The minimum Gasteiger partial charge on any atom is -0.391 e. The summed E-state index contributed by atoms with van der Waals surface area (Å²) in [5.41, 5.74) is 0. The van der Waals surface area contributed by atoms with E-state index >= 15 is 0 Å². The highest BCUT2D eigenvalue weighted by Gasteiger charge is 2.14. The van der Waals surface area contributed by atoms with E-state index in [9.17, 15) is 9.59 Å². The Morgan fingerprint density at radius 2 is 1.70 bits per heavy atom. The number of aliphatic hydroxyl groups is 1. The molecule has 0 radical (unpaired) electrons. The topological polar surface area (TPSA) is 57.6 Å². The summed E-state index contributed by atoms with van der Waals surface area (Å²) in [6.45, 7) is 3.11. The Morgan fingerprint density at radius 1 is 1.30 bits per heavy atom. The molecule has 0 fully saturated rings. The first-order valence-corrected chi connectivity index (χ1v) is 2.99. The van der Waals surface area contributed by atoms with Crippen LogP contribution in [0.1, 0.15) is 13.8 Å². The van der Waals surface area contributed by atoms with Gasteiger partial charge in [0, 0.05) is 0 Å². The molecule has 0 saturated heterocycles. The lowest BCUT2D eigenvalue weighted by atomic mass is 10.2. The molecular weight excluding hydrogens is 134 g/mol. The molecule has 0 heterocycles. The first-order chi connectivity index (χ1) is 4.63. The van der Waals surface area contributed by atoms with Crippen LogP contribution in [-0.4, -0.2) is 35.0 Å². The second-order valence-electron chi connectivity index (χ2n) is 2.14. The van der Waals surface area contributed by atoms with E-state index in [1.54, 1.807) is 6.92 Å². The molecule has 0 aliphatic carbocycles. The van der Waals surface area contributed by atoms with Crippen LogP contribution in [0.25, 0.3) is 0 Å². The molecule has 0 spiro atoms. The predicted octanol–water partition coefficient (Wildman–Crippen LogP) is -0.630. The van der Waals surface area contributed by atoms with Crippen LogP contribution >= 0.6 is 0 Å². The molecule has 2 amide bonds. The van der Waals surface area contributed by atoms with Crippen molar-refractivity contribution < 1.29 is 14.7 Å². The summed E-state index contributed by atoms with van der Waals surface area (Å²) >= 11 is 0. The van der Waals surface area contributed by atoms with Gasteiger partial charge in [-0.15, -0.1) is 0 Å². The lowest BCUT2D eigenvalue weighted by Gasteiger charge is -2.20. The average Bonchev–Trinajstić information content (AvgIpc) is 1.90. The van der Waals surface area contributed by atoms with Gasteiger partial charge in [-0.1, -0.05) is 0 Å². The summed E-state index contributed by atoms with van der Waals surface area (Å²) in [4.78, 5) is 21.0. The van der Waals surface area contributed by atoms with Gasteiger partial charge < -0.3 is 5.11 Å².